The zero-order valence-electron chi connectivity index (χ0n) is 21.6. The van der Waals surface area contributed by atoms with Crippen LogP contribution in [0.15, 0.2) is 73.3 Å². The molecule has 0 fully saturated rings. The molecule has 3 aromatic rings. The first-order chi connectivity index (χ1) is 16.2. The van der Waals surface area contributed by atoms with Crippen molar-refractivity contribution in [1.82, 2.24) is 4.57 Å². The predicted molar refractivity (Wildman–Crippen MR) is 146 cm³/mol. The molecule has 2 atom stereocenters. The van der Waals surface area contributed by atoms with Crippen molar-refractivity contribution >= 4 is 6.08 Å². The van der Waals surface area contributed by atoms with E-state index in [1.54, 1.807) is 12.1 Å². The lowest BCUT2D eigenvalue weighted by Gasteiger charge is -2.21. The zero-order valence-corrected chi connectivity index (χ0v) is 21.6. The van der Waals surface area contributed by atoms with Crippen molar-refractivity contribution < 1.29 is 4.39 Å². The van der Waals surface area contributed by atoms with Crippen LogP contribution in [0.4, 0.5) is 4.39 Å². The summed E-state index contributed by atoms with van der Waals surface area (Å²) in [5, 5.41) is 0. The third-order valence-corrected chi connectivity index (χ3v) is 6.62. The van der Waals surface area contributed by atoms with Gasteiger partial charge in [-0.25, -0.2) is 4.39 Å². The first-order valence-electron chi connectivity index (χ1n) is 12.6. The highest BCUT2D eigenvalue weighted by atomic mass is 19.1. The van der Waals surface area contributed by atoms with Crippen LogP contribution in [0.5, 0.6) is 0 Å². The second-order valence-corrected chi connectivity index (χ2v) is 10.3. The predicted octanol–water partition coefficient (Wildman–Crippen LogP) is 9.75. The van der Waals surface area contributed by atoms with Gasteiger partial charge in [-0.2, -0.15) is 0 Å². The molecule has 2 heteroatoms. The summed E-state index contributed by atoms with van der Waals surface area (Å²) in [6, 6.07) is 17.5. The molecule has 0 N–H and O–H groups in total. The Morgan fingerprint density at radius 1 is 0.941 bits per heavy atom. The van der Waals surface area contributed by atoms with Crippen molar-refractivity contribution in [2.75, 3.05) is 0 Å². The highest BCUT2D eigenvalue weighted by Gasteiger charge is 2.25. The molecule has 34 heavy (non-hydrogen) atoms. The average molecular weight is 458 g/mol. The Morgan fingerprint density at radius 3 is 2.15 bits per heavy atom. The van der Waals surface area contributed by atoms with Crippen LogP contribution >= 0.6 is 0 Å². The van der Waals surface area contributed by atoms with Gasteiger partial charge >= 0.3 is 0 Å². The Bertz CT molecular complexity index is 1100. The topological polar surface area (TPSA) is 4.93 Å². The van der Waals surface area contributed by atoms with Gasteiger partial charge in [0.05, 0.1) is 5.69 Å². The quantitative estimate of drug-likeness (QED) is 0.252. The minimum Gasteiger partial charge on any atom is -0.343 e. The van der Waals surface area contributed by atoms with Crippen LogP contribution < -0.4 is 0 Å². The van der Waals surface area contributed by atoms with Gasteiger partial charge in [0.25, 0.3) is 0 Å². The van der Waals surface area contributed by atoms with E-state index in [9.17, 15) is 4.39 Å². The van der Waals surface area contributed by atoms with Gasteiger partial charge in [-0.3, -0.25) is 0 Å². The highest BCUT2D eigenvalue weighted by molar-refractivity contribution is 5.90. The summed E-state index contributed by atoms with van der Waals surface area (Å²) in [5.74, 6) is 1.37. The highest BCUT2D eigenvalue weighted by Crippen LogP contribution is 2.43. The number of aromatic nitrogens is 1. The van der Waals surface area contributed by atoms with Crippen LogP contribution in [0.1, 0.15) is 71.1 Å². The van der Waals surface area contributed by atoms with Gasteiger partial charge in [-0.15, -0.1) is 6.58 Å². The van der Waals surface area contributed by atoms with E-state index < -0.39 is 0 Å². The molecule has 2 unspecified atom stereocenters. The lowest BCUT2D eigenvalue weighted by Crippen LogP contribution is -2.12. The van der Waals surface area contributed by atoms with E-state index in [0.29, 0.717) is 17.8 Å². The summed E-state index contributed by atoms with van der Waals surface area (Å²) in [6.07, 6.45) is 5.37. The summed E-state index contributed by atoms with van der Waals surface area (Å²) in [6.45, 7) is 20.5. The van der Waals surface area contributed by atoms with E-state index >= 15 is 0 Å². The molecule has 1 aromatic heterocycles. The number of allylic oxidation sites excluding steroid dienone is 1. The third kappa shape index (κ3) is 5.97. The largest absolute Gasteiger partial charge is 0.343 e. The summed E-state index contributed by atoms with van der Waals surface area (Å²) < 4.78 is 16.3. The van der Waals surface area contributed by atoms with Gasteiger partial charge in [0.2, 0.25) is 0 Å². The molecule has 0 aliphatic carbocycles. The Morgan fingerprint density at radius 2 is 1.59 bits per heavy atom. The summed E-state index contributed by atoms with van der Waals surface area (Å²) in [5.41, 5.74) is 8.30. The normalized spacial score (nSPS) is 13.1. The molecule has 0 radical (unpaired) electrons. The molecule has 1 nitrogen and oxygen atoms in total. The summed E-state index contributed by atoms with van der Waals surface area (Å²) in [4.78, 5) is 0. The average Bonchev–Trinajstić information content (AvgIpc) is 3.12. The number of hydrogen-bond donors (Lipinski definition) is 0. The standard InChI is InChI=1S/C32H40FN/c1-8-29-30(26-12-10-9-11-13-26)32(27-14-16-28(33)17-15-27)34(31(29)23(4)5)19-18-24(6)21-25(7)20-22(2)3/h8-17,23-25H,1-2,18-21H2,3-7H3. The van der Waals surface area contributed by atoms with Crippen molar-refractivity contribution in [3.63, 3.8) is 0 Å². The van der Waals surface area contributed by atoms with E-state index in [0.717, 1.165) is 30.6 Å². The molecule has 180 valence electrons. The second-order valence-electron chi connectivity index (χ2n) is 10.3. The monoisotopic (exact) mass is 457 g/mol. The van der Waals surface area contributed by atoms with E-state index in [1.165, 1.54) is 34.4 Å². The zero-order chi connectivity index (χ0) is 24.8. The molecule has 0 amide bonds. The number of hydrogen-bond acceptors (Lipinski definition) is 0. The van der Waals surface area contributed by atoms with Crippen LogP contribution in [-0.4, -0.2) is 4.57 Å². The maximum absolute atomic E-state index is 13.8. The molecule has 3 rings (SSSR count). The van der Waals surface area contributed by atoms with Crippen LogP contribution in [0, 0.1) is 17.7 Å². The fourth-order valence-corrected chi connectivity index (χ4v) is 5.36. The number of benzene rings is 2. The van der Waals surface area contributed by atoms with Crippen molar-refractivity contribution in [3.05, 3.63) is 90.4 Å². The van der Waals surface area contributed by atoms with E-state index in [-0.39, 0.29) is 5.82 Å². The number of nitrogens with zero attached hydrogens (tertiary/aromatic N) is 1. The minimum atomic E-state index is -0.212. The third-order valence-electron chi connectivity index (χ3n) is 6.62. The lowest BCUT2D eigenvalue weighted by atomic mass is 9.90. The minimum absolute atomic E-state index is 0.212. The van der Waals surface area contributed by atoms with Gasteiger partial charge in [-0.05, 0) is 79.3 Å². The van der Waals surface area contributed by atoms with Gasteiger partial charge in [0.1, 0.15) is 5.82 Å². The summed E-state index contributed by atoms with van der Waals surface area (Å²) >= 11 is 0. The van der Waals surface area contributed by atoms with Crippen LogP contribution in [0.2, 0.25) is 0 Å². The van der Waals surface area contributed by atoms with Crippen molar-refractivity contribution in [2.45, 2.75) is 66.3 Å². The van der Waals surface area contributed by atoms with Crippen molar-refractivity contribution in [3.8, 4) is 22.4 Å². The van der Waals surface area contributed by atoms with Crippen molar-refractivity contribution in [2.24, 2.45) is 11.8 Å². The fraction of sp³-hybridized carbons (Fsp3) is 0.375. The van der Waals surface area contributed by atoms with Gasteiger partial charge in [-0.1, -0.05) is 76.3 Å². The Hall–Kier alpha value is -2.87. The van der Waals surface area contributed by atoms with Crippen molar-refractivity contribution in [1.29, 1.82) is 0 Å². The molecule has 0 bridgehead atoms. The smallest absolute Gasteiger partial charge is 0.123 e. The number of halogens is 1. The van der Waals surface area contributed by atoms with Gasteiger partial charge in [0, 0.05) is 23.4 Å². The molecule has 2 aromatic carbocycles. The second kappa shape index (κ2) is 11.5. The van der Waals surface area contributed by atoms with Crippen LogP contribution in [-0.2, 0) is 6.54 Å². The van der Waals surface area contributed by atoms with E-state index in [4.69, 9.17) is 0 Å². The fourth-order valence-electron chi connectivity index (χ4n) is 5.36. The maximum atomic E-state index is 13.8. The first kappa shape index (κ1) is 25.7. The molecule has 0 saturated heterocycles. The summed E-state index contributed by atoms with van der Waals surface area (Å²) in [7, 11) is 0. The lowest BCUT2D eigenvalue weighted by molar-refractivity contribution is 0.373. The molecule has 0 saturated carbocycles. The van der Waals surface area contributed by atoms with E-state index in [2.05, 4.69) is 76.6 Å². The molecular formula is C32H40FN. The molecular weight excluding hydrogens is 417 g/mol. The number of rotatable bonds is 11. The Kier molecular flexibility index (Phi) is 8.72. The maximum Gasteiger partial charge on any atom is 0.123 e. The molecule has 0 spiro atoms. The Balaban J connectivity index is 2.11. The molecule has 1 heterocycles. The van der Waals surface area contributed by atoms with Gasteiger partial charge < -0.3 is 4.57 Å². The van der Waals surface area contributed by atoms with Crippen LogP contribution in [0.25, 0.3) is 28.5 Å². The van der Waals surface area contributed by atoms with Crippen LogP contribution in [0.3, 0.4) is 0 Å². The Labute approximate surface area is 206 Å². The molecule has 0 aliphatic heterocycles. The first-order valence-corrected chi connectivity index (χ1v) is 12.6. The molecule has 0 aliphatic rings. The van der Waals surface area contributed by atoms with Gasteiger partial charge in [0.15, 0.2) is 0 Å². The SMILES string of the molecule is C=Cc1c(-c2ccccc2)c(-c2ccc(F)cc2)n(CCC(C)CC(C)CC(=C)C)c1C(C)C. The van der Waals surface area contributed by atoms with E-state index in [1.807, 2.05) is 24.3 Å².